The van der Waals surface area contributed by atoms with Crippen LogP contribution in [0.4, 0.5) is 5.69 Å². The highest BCUT2D eigenvalue weighted by molar-refractivity contribution is 9.10. The van der Waals surface area contributed by atoms with Crippen molar-refractivity contribution in [2.24, 2.45) is 5.10 Å². The number of nitro benzene ring substituents is 1. The van der Waals surface area contributed by atoms with E-state index in [4.69, 9.17) is 14.2 Å². The van der Waals surface area contributed by atoms with Gasteiger partial charge in [0, 0.05) is 22.2 Å². The Balaban J connectivity index is 1.57. The van der Waals surface area contributed by atoms with Gasteiger partial charge in [-0.05, 0) is 61.0 Å². The summed E-state index contributed by atoms with van der Waals surface area (Å²) in [6.07, 6.45) is 2.21. The van der Waals surface area contributed by atoms with Crippen LogP contribution in [0.3, 0.4) is 0 Å². The number of carbonyl (C=O) groups is 2. The van der Waals surface area contributed by atoms with Crippen molar-refractivity contribution in [2.45, 2.75) is 13.3 Å². The second kappa shape index (κ2) is 13.0. The quantitative estimate of drug-likeness (QED) is 0.117. The number of ether oxygens (including phenoxy) is 3. The summed E-state index contributed by atoms with van der Waals surface area (Å²) in [6.45, 7) is 2.24. The summed E-state index contributed by atoms with van der Waals surface area (Å²) in [5.74, 6) is 0.0942. The van der Waals surface area contributed by atoms with Crippen LogP contribution in [0.2, 0.25) is 0 Å². The standard InChI is InChI=1S/C25H22BrN3O7/c1-2-13-34-21-8-3-17(4-9-21)25(31)36-23-12-5-19(26)14-18(23)15-27-28-24(30)16-35-22-10-6-20(7-11-22)29(32)33/h3-12,14-15H,2,13,16H2,1H3,(H,28,30)/b27-15-. The van der Waals surface area contributed by atoms with Crippen molar-refractivity contribution < 1.29 is 28.7 Å². The number of hydrazone groups is 1. The van der Waals surface area contributed by atoms with E-state index in [2.05, 4.69) is 26.5 Å². The molecule has 3 aromatic rings. The lowest BCUT2D eigenvalue weighted by molar-refractivity contribution is -0.384. The van der Waals surface area contributed by atoms with Gasteiger partial charge in [0.25, 0.3) is 11.6 Å². The molecule has 11 heteroatoms. The molecule has 0 aromatic heterocycles. The normalized spacial score (nSPS) is 10.6. The van der Waals surface area contributed by atoms with Gasteiger partial charge in [0.1, 0.15) is 17.2 Å². The average Bonchev–Trinajstić information content (AvgIpc) is 2.88. The summed E-state index contributed by atoms with van der Waals surface area (Å²) in [5.41, 5.74) is 3.02. The minimum Gasteiger partial charge on any atom is -0.494 e. The Bertz CT molecular complexity index is 1250. The molecule has 36 heavy (non-hydrogen) atoms. The molecule has 3 aromatic carbocycles. The van der Waals surface area contributed by atoms with E-state index in [1.807, 2.05) is 6.92 Å². The van der Waals surface area contributed by atoms with E-state index < -0.39 is 16.8 Å². The Morgan fingerprint density at radius 3 is 2.36 bits per heavy atom. The number of nitrogens with zero attached hydrogens (tertiary/aromatic N) is 2. The molecular weight excluding hydrogens is 534 g/mol. The number of hydrogen-bond donors (Lipinski definition) is 1. The Labute approximate surface area is 215 Å². The zero-order valence-electron chi connectivity index (χ0n) is 19.2. The molecule has 1 N–H and O–H groups in total. The van der Waals surface area contributed by atoms with Crippen LogP contribution in [0, 0.1) is 10.1 Å². The minimum absolute atomic E-state index is 0.0834. The van der Waals surface area contributed by atoms with Gasteiger partial charge < -0.3 is 14.2 Å². The lowest BCUT2D eigenvalue weighted by Crippen LogP contribution is -2.24. The predicted octanol–water partition coefficient (Wildman–Crippen LogP) is 4.89. The van der Waals surface area contributed by atoms with Gasteiger partial charge in [-0.2, -0.15) is 5.10 Å². The monoisotopic (exact) mass is 555 g/mol. The third-order valence-corrected chi connectivity index (χ3v) is 5.04. The number of esters is 1. The Morgan fingerprint density at radius 1 is 1.03 bits per heavy atom. The van der Waals surface area contributed by atoms with Crippen molar-refractivity contribution >= 4 is 39.7 Å². The fraction of sp³-hybridized carbons (Fsp3) is 0.160. The lowest BCUT2D eigenvalue weighted by Gasteiger charge is -2.09. The first-order valence-electron chi connectivity index (χ1n) is 10.8. The molecule has 0 aliphatic carbocycles. The van der Waals surface area contributed by atoms with Crippen LogP contribution in [0.1, 0.15) is 29.3 Å². The highest BCUT2D eigenvalue weighted by Crippen LogP contribution is 2.23. The highest BCUT2D eigenvalue weighted by atomic mass is 79.9. The Hall–Kier alpha value is -4.25. The Morgan fingerprint density at radius 2 is 1.69 bits per heavy atom. The molecule has 3 rings (SSSR count). The van der Waals surface area contributed by atoms with Gasteiger partial charge in [0.05, 0.1) is 23.3 Å². The van der Waals surface area contributed by atoms with Gasteiger partial charge in [0.2, 0.25) is 0 Å². The van der Waals surface area contributed by atoms with E-state index in [-0.39, 0.29) is 18.0 Å². The van der Waals surface area contributed by atoms with E-state index in [9.17, 15) is 19.7 Å². The second-order valence-electron chi connectivity index (χ2n) is 7.28. The van der Waals surface area contributed by atoms with E-state index in [1.54, 1.807) is 42.5 Å². The maximum atomic E-state index is 12.6. The van der Waals surface area contributed by atoms with E-state index >= 15 is 0 Å². The third kappa shape index (κ3) is 7.91. The molecule has 10 nitrogen and oxygen atoms in total. The molecule has 0 spiro atoms. The minimum atomic E-state index is -0.561. The Kier molecular flexibility index (Phi) is 9.52. The molecule has 0 fully saturated rings. The van der Waals surface area contributed by atoms with E-state index in [0.29, 0.717) is 33.7 Å². The third-order valence-electron chi connectivity index (χ3n) is 4.55. The summed E-state index contributed by atoms with van der Waals surface area (Å²) < 4.78 is 17.0. The van der Waals surface area contributed by atoms with Crippen LogP contribution in [0.5, 0.6) is 17.2 Å². The highest BCUT2D eigenvalue weighted by Gasteiger charge is 2.12. The molecule has 0 radical (unpaired) electrons. The van der Waals surface area contributed by atoms with Crippen LogP contribution in [0.25, 0.3) is 0 Å². The molecule has 0 aliphatic rings. The maximum absolute atomic E-state index is 12.6. The van der Waals surface area contributed by atoms with Crippen LogP contribution >= 0.6 is 15.9 Å². The van der Waals surface area contributed by atoms with Crippen LogP contribution < -0.4 is 19.6 Å². The molecule has 0 saturated carbocycles. The number of nitrogens with one attached hydrogen (secondary N) is 1. The lowest BCUT2D eigenvalue weighted by atomic mass is 10.2. The maximum Gasteiger partial charge on any atom is 0.343 e. The van der Waals surface area contributed by atoms with Crippen molar-refractivity contribution in [1.29, 1.82) is 0 Å². The molecule has 0 unspecified atom stereocenters. The van der Waals surface area contributed by atoms with Crippen LogP contribution in [-0.2, 0) is 4.79 Å². The first-order chi connectivity index (χ1) is 17.4. The van der Waals surface area contributed by atoms with E-state index in [1.165, 1.54) is 30.5 Å². The first-order valence-corrected chi connectivity index (χ1v) is 11.6. The van der Waals surface area contributed by atoms with Gasteiger partial charge >= 0.3 is 5.97 Å². The van der Waals surface area contributed by atoms with Crippen molar-refractivity contribution in [1.82, 2.24) is 5.43 Å². The number of nitro groups is 1. The molecule has 0 aliphatic heterocycles. The smallest absolute Gasteiger partial charge is 0.343 e. The number of halogens is 1. The van der Waals surface area contributed by atoms with Crippen molar-refractivity contribution in [3.8, 4) is 17.2 Å². The number of benzene rings is 3. The summed E-state index contributed by atoms with van der Waals surface area (Å²) in [5, 5.41) is 14.6. The summed E-state index contributed by atoms with van der Waals surface area (Å²) in [4.78, 5) is 34.8. The molecule has 0 bridgehead atoms. The summed E-state index contributed by atoms with van der Waals surface area (Å²) >= 11 is 3.36. The van der Waals surface area contributed by atoms with Crippen LogP contribution in [0.15, 0.2) is 76.3 Å². The summed E-state index contributed by atoms with van der Waals surface area (Å²) in [7, 11) is 0. The summed E-state index contributed by atoms with van der Waals surface area (Å²) in [6, 6.07) is 16.9. The van der Waals surface area contributed by atoms with Crippen molar-refractivity contribution in [3.05, 3.63) is 92.4 Å². The number of hydrogen-bond acceptors (Lipinski definition) is 8. The largest absolute Gasteiger partial charge is 0.494 e. The first kappa shape index (κ1) is 26.4. The molecule has 0 atom stereocenters. The number of carbonyl (C=O) groups excluding carboxylic acids is 2. The molecule has 0 saturated heterocycles. The van der Waals surface area contributed by atoms with Gasteiger partial charge in [0.15, 0.2) is 6.61 Å². The molecule has 186 valence electrons. The van der Waals surface area contributed by atoms with Gasteiger partial charge in [-0.15, -0.1) is 0 Å². The molecular formula is C25H22BrN3O7. The SMILES string of the molecule is CCCOc1ccc(C(=O)Oc2ccc(Br)cc2/C=N\NC(=O)COc2ccc([N+](=O)[O-])cc2)cc1. The van der Waals surface area contributed by atoms with E-state index in [0.717, 1.165) is 6.42 Å². The second-order valence-corrected chi connectivity index (χ2v) is 8.19. The average molecular weight is 556 g/mol. The number of rotatable bonds is 11. The van der Waals surface area contributed by atoms with Gasteiger partial charge in [-0.1, -0.05) is 22.9 Å². The number of non-ortho nitro benzene ring substituents is 1. The zero-order valence-corrected chi connectivity index (χ0v) is 20.8. The fourth-order valence-corrected chi connectivity index (χ4v) is 3.18. The number of amides is 1. The molecule has 1 amide bonds. The predicted molar refractivity (Wildman–Crippen MR) is 136 cm³/mol. The van der Waals surface area contributed by atoms with Gasteiger partial charge in [-0.3, -0.25) is 14.9 Å². The van der Waals surface area contributed by atoms with Crippen molar-refractivity contribution in [2.75, 3.05) is 13.2 Å². The van der Waals surface area contributed by atoms with Gasteiger partial charge in [-0.25, -0.2) is 10.2 Å². The molecule has 0 heterocycles. The van der Waals surface area contributed by atoms with Crippen LogP contribution in [-0.4, -0.2) is 36.2 Å². The fourth-order valence-electron chi connectivity index (χ4n) is 2.80. The van der Waals surface area contributed by atoms with Crippen molar-refractivity contribution in [3.63, 3.8) is 0 Å². The zero-order chi connectivity index (χ0) is 25.9. The topological polar surface area (TPSA) is 129 Å².